The van der Waals surface area contributed by atoms with E-state index in [1.807, 2.05) is 0 Å². The first-order chi connectivity index (χ1) is 26.8. The molecule has 8 aromatic carbocycles. The maximum absolute atomic E-state index is 2.25. The summed E-state index contributed by atoms with van der Waals surface area (Å²) in [6, 6.07) is 82.2. The Balaban J connectivity index is 1.15. The Hall–Kier alpha value is -7.02. The van der Waals surface area contributed by atoms with Crippen LogP contribution in [-0.2, 0) is 0 Å². The summed E-state index contributed by atoms with van der Waals surface area (Å²) in [5, 5.41) is 0. The van der Waals surface area contributed by atoms with Gasteiger partial charge in [-0.15, -0.1) is 0 Å². The minimum atomic E-state index is 1.15. The molecule has 8 aromatic rings. The van der Waals surface area contributed by atoms with Gasteiger partial charge in [-0.25, -0.2) is 0 Å². The van der Waals surface area contributed by atoms with E-state index in [1.54, 1.807) is 0 Å². The molecule has 0 heterocycles. The van der Waals surface area contributed by atoms with Gasteiger partial charge in [0.2, 0.25) is 0 Å². The normalized spacial score (nSPS) is 10.9. The lowest BCUT2D eigenvalue weighted by Crippen LogP contribution is -1.97. The lowest BCUT2D eigenvalue weighted by atomic mass is 9.85. The fourth-order valence-electron chi connectivity index (χ4n) is 7.16. The van der Waals surface area contributed by atoms with Crippen molar-refractivity contribution in [3.8, 4) is 0 Å². The molecule has 0 amide bonds. The van der Waals surface area contributed by atoms with Crippen LogP contribution in [0, 0.1) is 0 Å². The number of benzene rings is 8. The van der Waals surface area contributed by atoms with Crippen LogP contribution in [0.5, 0.6) is 0 Å². The second-order valence-corrected chi connectivity index (χ2v) is 13.3. The van der Waals surface area contributed by atoms with Crippen molar-refractivity contribution in [2.45, 2.75) is 0 Å². The predicted molar refractivity (Wildman–Crippen MR) is 230 cm³/mol. The van der Waals surface area contributed by atoms with Crippen molar-refractivity contribution >= 4 is 34.4 Å². The summed E-state index contributed by atoms with van der Waals surface area (Å²) in [4.78, 5) is 0. The molecule has 0 aromatic heterocycles. The zero-order valence-corrected chi connectivity index (χ0v) is 30.1. The third kappa shape index (κ3) is 7.75. The monoisotopic (exact) mass is 688 g/mol. The topological polar surface area (TPSA) is 0 Å². The lowest BCUT2D eigenvalue weighted by Gasteiger charge is -2.18. The third-order valence-electron chi connectivity index (χ3n) is 9.74. The highest BCUT2D eigenvalue weighted by molar-refractivity contribution is 6.05. The molecule has 0 atom stereocenters. The summed E-state index contributed by atoms with van der Waals surface area (Å²) in [6.07, 6.45) is 4.40. The van der Waals surface area contributed by atoms with Crippen molar-refractivity contribution in [1.82, 2.24) is 0 Å². The average Bonchev–Trinajstić information content (AvgIpc) is 3.26. The summed E-state index contributed by atoms with van der Waals surface area (Å²) in [5.41, 5.74) is 16.7. The molecule has 0 aliphatic carbocycles. The quantitative estimate of drug-likeness (QED) is 0.125. The molecule has 0 nitrogen and oxygen atoms in total. The zero-order chi connectivity index (χ0) is 36.4. The van der Waals surface area contributed by atoms with E-state index in [9.17, 15) is 0 Å². The van der Waals surface area contributed by atoms with Crippen molar-refractivity contribution in [1.29, 1.82) is 0 Å². The average molecular weight is 689 g/mol. The highest BCUT2D eigenvalue weighted by Gasteiger charge is 2.17. The molecule has 0 aliphatic rings. The standard InChI is InChI=1S/C54H40/c1-7-19-43(20-8-1)51(44-21-9-2-10-22-44)53(47-27-15-5-16-28-47)49-37-33-41(34-38-49)31-32-42-35-39-50(40-36-42)54(48-29-17-6-18-30-48)52(45-23-11-3-12-24-45)46-25-13-4-14-26-46/h1-40H/b32-31+. The molecule has 256 valence electrons. The van der Waals surface area contributed by atoms with Gasteiger partial charge in [0.15, 0.2) is 0 Å². The summed E-state index contributed by atoms with van der Waals surface area (Å²) in [6.45, 7) is 0. The van der Waals surface area contributed by atoms with Crippen molar-refractivity contribution in [3.05, 3.63) is 286 Å². The Labute approximate surface area is 319 Å². The number of hydrogen-bond donors (Lipinski definition) is 0. The molecule has 0 heteroatoms. The summed E-state index contributed by atoms with van der Waals surface area (Å²) >= 11 is 0. The van der Waals surface area contributed by atoms with Crippen molar-refractivity contribution in [2.24, 2.45) is 0 Å². The summed E-state index contributed by atoms with van der Waals surface area (Å²) in [5.74, 6) is 0. The van der Waals surface area contributed by atoms with Crippen LogP contribution < -0.4 is 0 Å². The summed E-state index contributed by atoms with van der Waals surface area (Å²) < 4.78 is 0. The van der Waals surface area contributed by atoms with E-state index in [2.05, 4.69) is 243 Å². The smallest absolute Gasteiger partial charge is 0.00268 e. The van der Waals surface area contributed by atoms with Gasteiger partial charge in [-0.05, 0) is 77.9 Å². The van der Waals surface area contributed by atoms with Gasteiger partial charge in [-0.2, -0.15) is 0 Å². The Morgan fingerprint density at radius 1 is 0.185 bits per heavy atom. The minimum absolute atomic E-state index is 1.15. The van der Waals surface area contributed by atoms with E-state index in [4.69, 9.17) is 0 Å². The molecule has 0 fully saturated rings. The van der Waals surface area contributed by atoms with Crippen LogP contribution >= 0.6 is 0 Å². The Morgan fingerprint density at radius 3 is 0.537 bits per heavy atom. The van der Waals surface area contributed by atoms with Crippen LogP contribution in [0.25, 0.3) is 34.4 Å². The maximum atomic E-state index is 2.25. The van der Waals surface area contributed by atoms with Gasteiger partial charge >= 0.3 is 0 Å². The molecule has 0 saturated carbocycles. The molecular formula is C54H40. The Bertz CT molecular complexity index is 2230. The van der Waals surface area contributed by atoms with E-state index in [0.717, 1.165) is 11.1 Å². The van der Waals surface area contributed by atoms with Gasteiger partial charge in [0.05, 0.1) is 0 Å². The van der Waals surface area contributed by atoms with Gasteiger partial charge in [0.25, 0.3) is 0 Å². The molecule has 8 rings (SSSR count). The van der Waals surface area contributed by atoms with E-state index in [1.165, 1.54) is 66.8 Å². The molecule has 0 bridgehead atoms. The van der Waals surface area contributed by atoms with Crippen molar-refractivity contribution < 1.29 is 0 Å². The van der Waals surface area contributed by atoms with Crippen LogP contribution in [-0.4, -0.2) is 0 Å². The van der Waals surface area contributed by atoms with Gasteiger partial charge < -0.3 is 0 Å². The van der Waals surface area contributed by atoms with Crippen molar-refractivity contribution in [3.63, 3.8) is 0 Å². The maximum Gasteiger partial charge on any atom is -0.00268 e. The van der Waals surface area contributed by atoms with Crippen LogP contribution in [0.3, 0.4) is 0 Å². The largest absolute Gasteiger partial charge is 0.0622 e. The highest BCUT2D eigenvalue weighted by atomic mass is 14.2. The molecule has 0 saturated heterocycles. The first-order valence-electron chi connectivity index (χ1n) is 18.5. The predicted octanol–water partition coefficient (Wildman–Crippen LogP) is 13.9. The second-order valence-electron chi connectivity index (χ2n) is 13.3. The number of hydrogen-bond acceptors (Lipinski definition) is 0. The fourth-order valence-corrected chi connectivity index (χ4v) is 7.16. The molecule has 0 unspecified atom stereocenters. The van der Waals surface area contributed by atoms with Crippen LogP contribution in [0.1, 0.15) is 55.6 Å². The van der Waals surface area contributed by atoms with Crippen LogP contribution in [0.4, 0.5) is 0 Å². The third-order valence-corrected chi connectivity index (χ3v) is 9.74. The molecule has 54 heavy (non-hydrogen) atoms. The first kappa shape index (κ1) is 34.1. The van der Waals surface area contributed by atoms with Gasteiger partial charge in [-0.1, -0.05) is 243 Å². The van der Waals surface area contributed by atoms with E-state index in [0.29, 0.717) is 0 Å². The van der Waals surface area contributed by atoms with Gasteiger partial charge in [0, 0.05) is 0 Å². The minimum Gasteiger partial charge on any atom is -0.0622 e. The highest BCUT2D eigenvalue weighted by Crippen LogP contribution is 2.38. The molecular weight excluding hydrogens is 649 g/mol. The molecule has 0 aliphatic heterocycles. The Kier molecular flexibility index (Phi) is 10.4. The molecule has 0 N–H and O–H groups in total. The SMILES string of the molecule is C(=C\c1ccc(C(=C(c2ccccc2)c2ccccc2)c2ccccc2)cc1)/c1ccc(C(=C(c2ccccc2)c2ccccc2)c2ccccc2)cc1. The number of rotatable bonds is 10. The first-order valence-corrected chi connectivity index (χ1v) is 18.5. The van der Waals surface area contributed by atoms with E-state index in [-0.39, 0.29) is 0 Å². The fraction of sp³-hybridized carbons (Fsp3) is 0. The van der Waals surface area contributed by atoms with E-state index < -0.39 is 0 Å². The zero-order valence-electron chi connectivity index (χ0n) is 30.1. The summed E-state index contributed by atoms with van der Waals surface area (Å²) in [7, 11) is 0. The Morgan fingerprint density at radius 2 is 0.352 bits per heavy atom. The second kappa shape index (κ2) is 16.5. The van der Waals surface area contributed by atoms with Crippen LogP contribution in [0.2, 0.25) is 0 Å². The molecule has 0 radical (unpaired) electrons. The van der Waals surface area contributed by atoms with Gasteiger partial charge in [-0.3, -0.25) is 0 Å². The van der Waals surface area contributed by atoms with Crippen LogP contribution in [0.15, 0.2) is 231 Å². The van der Waals surface area contributed by atoms with Crippen molar-refractivity contribution in [2.75, 3.05) is 0 Å². The van der Waals surface area contributed by atoms with Gasteiger partial charge in [0.1, 0.15) is 0 Å². The lowest BCUT2D eigenvalue weighted by molar-refractivity contribution is 1.49. The molecule has 0 spiro atoms. The van der Waals surface area contributed by atoms with E-state index >= 15 is 0 Å².